The van der Waals surface area contributed by atoms with Crippen LogP contribution in [0.4, 0.5) is 0 Å². The second-order valence-corrected chi connectivity index (χ2v) is 6.88. The number of aliphatic carboxylic acids is 1. The Labute approximate surface area is 106 Å². The standard InChI is InChI=1S/C10H17NO6S/c1-4-17-7(8(12)13)5-6-11-9(14)10(2,3)18(11,15)16/h7H,4-6H2,1-3H3,(H,12,13). The molecule has 0 spiro atoms. The molecule has 1 aliphatic heterocycles. The molecule has 7 nitrogen and oxygen atoms in total. The van der Waals surface area contributed by atoms with E-state index in [1.54, 1.807) is 6.92 Å². The van der Waals surface area contributed by atoms with Crippen LogP contribution >= 0.6 is 0 Å². The average Bonchev–Trinajstić information content (AvgIpc) is 2.26. The van der Waals surface area contributed by atoms with Crippen LogP contribution in [0, 0.1) is 0 Å². The number of carbonyl (C=O) groups is 2. The summed E-state index contributed by atoms with van der Waals surface area (Å²) in [6.45, 7) is 4.35. The summed E-state index contributed by atoms with van der Waals surface area (Å²) < 4.78 is 27.7. The van der Waals surface area contributed by atoms with Crippen LogP contribution in [-0.4, -0.2) is 53.7 Å². The second-order valence-electron chi connectivity index (χ2n) is 4.46. The van der Waals surface area contributed by atoms with Crippen molar-refractivity contribution >= 4 is 21.9 Å². The lowest BCUT2D eigenvalue weighted by Crippen LogP contribution is -2.67. The molecule has 0 aliphatic carbocycles. The lowest BCUT2D eigenvalue weighted by Gasteiger charge is -2.43. The number of hydrogen-bond acceptors (Lipinski definition) is 5. The van der Waals surface area contributed by atoms with Crippen molar-refractivity contribution in [2.45, 2.75) is 38.0 Å². The number of nitrogens with zero attached hydrogens (tertiary/aromatic N) is 1. The van der Waals surface area contributed by atoms with E-state index in [0.29, 0.717) is 4.31 Å². The van der Waals surface area contributed by atoms with Gasteiger partial charge in [-0.3, -0.25) is 4.79 Å². The molecule has 1 rings (SSSR count). The summed E-state index contributed by atoms with van der Waals surface area (Å²) in [5.41, 5.74) is 0. The minimum Gasteiger partial charge on any atom is -0.479 e. The lowest BCUT2D eigenvalue weighted by atomic mass is 10.1. The minimum absolute atomic E-state index is 0.0514. The molecule has 1 N–H and O–H groups in total. The Morgan fingerprint density at radius 2 is 2.06 bits per heavy atom. The maximum absolute atomic E-state index is 11.7. The Morgan fingerprint density at radius 3 is 2.44 bits per heavy atom. The number of carbonyl (C=O) groups excluding carboxylic acids is 1. The zero-order valence-corrected chi connectivity index (χ0v) is 11.4. The summed E-state index contributed by atoms with van der Waals surface area (Å²) in [6.07, 6.45) is -1.15. The molecular weight excluding hydrogens is 262 g/mol. The van der Waals surface area contributed by atoms with E-state index in [-0.39, 0.29) is 19.6 Å². The largest absolute Gasteiger partial charge is 0.479 e. The monoisotopic (exact) mass is 279 g/mol. The molecule has 0 aromatic rings. The molecule has 1 fully saturated rings. The molecule has 1 amide bonds. The molecule has 1 saturated heterocycles. The van der Waals surface area contributed by atoms with Crippen LogP contribution in [0.1, 0.15) is 27.2 Å². The SMILES string of the molecule is CCOC(CCN1C(=O)C(C)(C)S1(=O)=O)C(=O)O. The van der Waals surface area contributed by atoms with Crippen LogP contribution in [0.25, 0.3) is 0 Å². The van der Waals surface area contributed by atoms with Crippen LogP contribution in [0.3, 0.4) is 0 Å². The Morgan fingerprint density at radius 1 is 1.50 bits per heavy atom. The maximum Gasteiger partial charge on any atom is 0.332 e. The van der Waals surface area contributed by atoms with Gasteiger partial charge in [0.15, 0.2) is 10.9 Å². The molecule has 0 aromatic carbocycles. The number of rotatable bonds is 6. The molecule has 1 atom stereocenters. The molecule has 18 heavy (non-hydrogen) atoms. The van der Waals surface area contributed by atoms with Gasteiger partial charge in [-0.25, -0.2) is 17.5 Å². The topological polar surface area (TPSA) is 101 Å². The summed E-state index contributed by atoms with van der Waals surface area (Å²) in [5.74, 6) is -1.68. The molecule has 8 heteroatoms. The molecule has 104 valence electrons. The zero-order valence-electron chi connectivity index (χ0n) is 10.5. The highest BCUT2D eigenvalue weighted by molar-refractivity contribution is 7.94. The number of carboxylic acids is 1. The van der Waals surface area contributed by atoms with E-state index in [0.717, 1.165) is 0 Å². The number of ether oxygens (including phenoxy) is 1. The maximum atomic E-state index is 11.7. The fourth-order valence-electron chi connectivity index (χ4n) is 1.69. The van der Waals surface area contributed by atoms with Crippen molar-refractivity contribution in [2.24, 2.45) is 0 Å². The fraction of sp³-hybridized carbons (Fsp3) is 0.800. The summed E-state index contributed by atoms with van der Waals surface area (Å²) in [5, 5.41) is 8.83. The average molecular weight is 279 g/mol. The van der Waals surface area contributed by atoms with Gasteiger partial charge in [-0.15, -0.1) is 0 Å². The number of amides is 1. The third kappa shape index (κ3) is 2.22. The van der Waals surface area contributed by atoms with Gasteiger partial charge in [-0.05, 0) is 20.8 Å². The van der Waals surface area contributed by atoms with E-state index in [1.807, 2.05) is 0 Å². The molecule has 1 aliphatic rings. The van der Waals surface area contributed by atoms with Gasteiger partial charge in [0.25, 0.3) is 15.9 Å². The third-order valence-corrected chi connectivity index (χ3v) is 5.31. The lowest BCUT2D eigenvalue weighted by molar-refractivity contribution is -0.151. The second kappa shape index (κ2) is 4.85. The van der Waals surface area contributed by atoms with Crippen molar-refractivity contribution in [3.05, 3.63) is 0 Å². The van der Waals surface area contributed by atoms with Crippen LogP contribution in [0.5, 0.6) is 0 Å². The van der Waals surface area contributed by atoms with Gasteiger partial charge in [-0.2, -0.15) is 0 Å². The summed E-state index contributed by atoms with van der Waals surface area (Å²) >= 11 is 0. The van der Waals surface area contributed by atoms with Crippen molar-refractivity contribution in [3.63, 3.8) is 0 Å². The van der Waals surface area contributed by atoms with E-state index < -0.39 is 32.8 Å². The van der Waals surface area contributed by atoms with Gasteiger partial charge in [-0.1, -0.05) is 0 Å². The quantitative estimate of drug-likeness (QED) is 0.723. The fourth-order valence-corrected chi connectivity index (χ4v) is 3.23. The Hall–Kier alpha value is -1.15. The van der Waals surface area contributed by atoms with Gasteiger partial charge >= 0.3 is 5.97 Å². The first-order chi connectivity index (χ1) is 8.16. The van der Waals surface area contributed by atoms with Gasteiger partial charge in [0, 0.05) is 19.6 Å². The summed E-state index contributed by atoms with van der Waals surface area (Å²) in [7, 11) is -3.65. The van der Waals surface area contributed by atoms with Crippen molar-refractivity contribution in [2.75, 3.05) is 13.2 Å². The van der Waals surface area contributed by atoms with Gasteiger partial charge in [0.05, 0.1) is 0 Å². The van der Waals surface area contributed by atoms with Crippen molar-refractivity contribution in [1.82, 2.24) is 4.31 Å². The molecule has 0 bridgehead atoms. The van der Waals surface area contributed by atoms with Crippen molar-refractivity contribution in [3.8, 4) is 0 Å². The smallest absolute Gasteiger partial charge is 0.332 e. The highest BCUT2D eigenvalue weighted by atomic mass is 32.2. The summed E-state index contributed by atoms with van der Waals surface area (Å²) in [4.78, 5) is 22.4. The highest BCUT2D eigenvalue weighted by Crippen LogP contribution is 2.34. The van der Waals surface area contributed by atoms with E-state index in [1.165, 1.54) is 13.8 Å². The normalized spacial score (nSPS) is 22.4. The first-order valence-electron chi connectivity index (χ1n) is 5.57. The third-order valence-electron chi connectivity index (χ3n) is 2.91. The molecule has 1 heterocycles. The molecule has 0 radical (unpaired) electrons. The van der Waals surface area contributed by atoms with Crippen molar-refractivity contribution < 1.29 is 27.9 Å². The molecule has 0 saturated carbocycles. The number of carboxylic acid groups (broad SMARTS) is 1. The zero-order chi connectivity index (χ0) is 14.1. The van der Waals surface area contributed by atoms with E-state index in [9.17, 15) is 18.0 Å². The highest BCUT2D eigenvalue weighted by Gasteiger charge is 2.59. The van der Waals surface area contributed by atoms with E-state index in [2.05, 4.69) is 0 Å². The molecule has 0 aromatic heterocycles. The first kappa shape index (κ1) is 14.9. The number of sulfonamides is 1. The predicted molar refractivity (Wildman–Crippen MR) is 62.4 cm³/mol. The molecule has 1 unspecified atom stereocenters. The van der Waals surface area contributed by atoms with Crippen LogP contribution < -0.4 is 0 Å². The van der Waals surface area contributed by atoms with Crippen LogP contribution in [-0.2, 0) is 24.3 Å². The van der Waals surface area contributed by atoms with Gasteiger partial charge < -0.3 is 9.84 Å². The predicted octanol–water partition coefficient (Wildman–Crippen LogP) is -0.183. The van der Waals surface area contributed by atoms with Gasteiger partial charge in [0.2, 0.25) is 0 Å². The van der Waals surface area contributed by atoms with Crippen molar-refractivity contribution in [1.29, 1.82) is 0 Å². The van der Waals surface area contributed by atoms with E-state index in [4.69, 9.17) is 9.84 Å². The number of hydrogen-bond donors (Lipinski definition) is 1. The van der Waals surface area contributed by atoms with Gasteiger partial charge in [0.1, 0.15) is 0 Å². The Balaban J connectivity index is 2.66. The first-order valence-corrected chi connectivity index (χ1v) is 7.01. The summed E-state index contributed by atoms with van der Waals surface area (Å²) in [6, 6.07) is 0. The van der Waals surface area contributed by atoms with E-state index >= 15 is 0 Å². The minimum atomic E-state index is -3.65. The van der Waals surface area contributed by atoms with Crippen LogP contribution in [0.2, 0.25) is 0 Å². The molecular formula is C10H17NO6S. The Kier molecular flexibility index (Phi) is 4.02. The Bertz CT molecular complexity index is 455. The van der Waals surface area contributed by atoms with Crippen LogP contribution in [0.15, 0.2) is 0 Å².